The van der Waals surface area contributed by atoms with Gasteiger partial charge in [0.1, 0.15) is 29.1 Å². The molecule has 16 rings (SSSR count). The van der Waals surface area contributed by atoms with Crippen LogP contribution in [-0.4, -0.2) is 103 Å². The summed E-state index contributed by atoms with van der Waals surface area (Å²) in [6.45, 7) is 8.35. The van der Waals surface area contributed by atoms with E-state index in [1.807, 2.05) is 64.2 Å². The molecule has 3 saturated carbocycles. The van der Waals surface area contributed by atoms with Crippen molar-refractivity contribution in [2.45, 2.75) is 147 Å². The number of aryl methyl sites for hydroxylation is 3. The number of primary amides is 1. The first kappa shape index (κ1) is 69.1. The zero-order valence-corrected chi connectivity index (χ0v) is 57.7. The van der Waals surface area contributed by atoms with E-state index in [1.54, 1.807) is 65.2 Å². The number of rotatable bonds is 16. The second kappa shape index (κ2) is 26.8. The van der Waals surface area contributed by atoms with Gasteiger partial charge in [-0.3, -0.25) is 19.2 Å². The number of fused-ring (bicyclic) bond motifs is 6. The lowest BCUT2D eigenvalue weighted by Crippen LogP contribution is -2.50. The fourth-order valence-corrected chi connectivity index (χ4v) is 17.3. The molecular weight excluding hydrogens is 1300 g/mol. The van der Waals surface area contributed by atoms with E-state index in [0.717, 1.165) is 118 Å². The lowest BCUT2D eigenvalue weighted by Gasteiger charge is -2.42. The van der Waals surface area contributed by atoms with Crippen LogP contribution in [0.4, 0.5) is 17.6 Å². The van der Waals surface area contributed by atoms with Crippen molar-refractivity contribution >= 4 is 41.6 Å². The van der Waals surface area contributed by atoms with Crippen molar-refractivity contribution in [2.24, 2.45) is 22.0 Å². The molecule has 6 aliphatic carbocycles. The minimum Gasteiger partial charge on any atom is -0.389 e. The topological polar surface area (TPSA) is 212 Å². The van der Waals surface area contributed by atoms with E-state index in [4.69, 9.17) is 5.73 Å². The van der Waals surface area contributed by atoms with Crippen LogP contribution < -0.4 is 5.73 Å². The lowest BCUT2D eigenvalue weighted by molar-refractivity contribution is -0.127. The standard InChI is InChI=1S/C29H28FN3O3.C28H29FN2O2.C26H25F2N3O2/c1-28-15-20-16-31-33(23-8-6-22(30)7-9-23)26(20)14-21(28)11-13-29(28,36)12-10-19-4-2-3-5-25(19)27(35)32-17-24(34)18-32;1-19(32)15-21-6-4-3-5-20(21)11-13-28(33)14-12-23-16-26-22(17-27(23,28)2)18-30-31(26)25-9-7-24(29)8-10-25;1-25-14-17-15-30-31(21-6-4-19(27)5-7-21)23(17)12-18(25)9-11-26(25,33)10-8-16-2-3-20(28)13-22(16)24(29)32/h2-9,14,16,36H,10-13,15,17-18H2,1H3;3-10,16,18,33H,11-15,17H2,1-2H3;2-7,12-13,15,33H,8-11,14H2,1H3,(H2,29,32)/t28-,29-;27-,28-;25-,26-/m000/s1. The van der Waals surface area contributed by atoms with Crippen LogP contribution in [0.3, 0.4) is 0 Å². The number of likely N-dealkylation sites (tertiary alicyclic amines) is 1. The smallest absolute Gasteiger partial charge is 0.254 e. The highest BCUT2D eigenvalue weighted by atomic mass is 19.1. The molecule has 7 aliphatic rings. The fraction of sp³-hybridized carbons (Fsp3) is 0.337. The Bertz CT molecular complexity index is 4890. The van der Waals surface area contributed by atoms with Crippen LogP contribution >= 0.6 is 0 Å². The van der Waals surface area contributed by atoms with Crippen molar-refractivity contribution in [3.05, 3.63) is 265 Å². The van der Waals surface area contributed by atoms with Crippen molar-refractivity contribution in [3.63, 3.8) is 0 Å². The van der Waals surface area contributed by atoms with Crippen LogP contribution in [0.25, 0.3) is 35.3 Å². The number of hydrogen-bond donors (Lipinski definition) is 4. The number of halogens is 4. The third-order valence-corrected chi connectivity index (χ3v) is 23.7. The number of carbonyl (C=O) groups is 4. The minimum atomic E-state index is -0.988. The maximum Gasteiger partial charge on any atom is 0.254 e. The Labute approximate surface area is 589 Å². The Balaban J connectivity index is 0.000000130. The summed E-state index contributed by atoms with van der Waals surface area (Å²) in [7, 11) is 0. The monoisotopic (exact) mass is 1380 g/mol. The molecule has 6 aromatic carbocycles. The summed E-state index contributed by atoms with van der Waals surface area (Å²) in [5.41, 5.74) is 18.1. The summed E-state index contributed by atoms with van der Waals surface area (Å²) in [5.74, 6) is -1.93. The molecule has 0 bridgehead atoms. The summed E-state index contributed by atoms with van der Waals surface area (Å²) in [6.07, 6.45) is 22.1. The van der Waals surface area contributed by atoms with Crippen LogP contribution in [0, 0.1) is 39.5 Å². The molecule has 0 unspecified atom stereocenters. The van der Waals surface area contributed by atoms with Crippen LogP contribution in [0.5, 0.6) is 0 Å². The van der Waals surface area contributed by atoms with Crippen LogP contribution in [0.1, 0.15) is 162 Å². The molecule has 4 heterocycles. The van der Waals surface area contributed by atoms with E-state index in [-0.39, 0.29) is 59.0 Å². The van der Waals surface area contributed by atoms with Gasteiger partial charge in [0.15, 0.2) is 5.78 Å². The summed E-state index contributed by atoms with van der Waals surface area (Å²) in [6, 6.07) is 38.5. The van der Waals surface area contributed by atoms with E-state index < -0.39 is 39.4 Å². The molecular formula is C83H82F4N8O7. The summed E-state index contributed by atoms with van der Waals surface area (Å²) >= 11 is 0. The van der Waals surface area contributed by atoms with Crippen molar-refractivity contribution in [2.75, 3.05) is 13.1 Å². The van der Waals surface area contributed by atoms with Crippen molar-refractivity contribution < 1.29 is 52.1 Å². The van der Waals surface area contributed by atoms with Gasteiger partial charge < -0.3 is 26.0 Å². The molecule has 0 radical (unpaired) electrons. The van der Waals surface area contributed by atoms with Gasteiger partial charge in [-0.1, -0.05) is 86.0 Å². The number of aliphatic hydroxyl groups is 3. The molecule has 2 amide bonds. The maximum atomic E-state index is 13.6. The first-order valence-electron chi connectivity index (χ1n) is 35.1. The van der Waals surface area contributed by atoms with Crippen LogP contribution in [0.2, 0.25) is 0 Å². The summed E-state index contributed by atoms with van der Waals surface area (Å²) < 4.78 is 59.2. The molecule has 1 aliphatic heterocycles. The number of nitrogens with two attached hydrogens (primary N) is 1. The predicted molar refractivity (Wildman–Crippen MR) is 381 cm³/mol. The third-order valence-electron chi connectivity index (χ3n) is 23.7. The van der Waals surface area contributed by atoms with Gasteiger partial charge in [-0.05, 0) is 251 Å². The number of nitrogens with zero attached hydrogens (tertiary/aromatic N) is 7. The number of ketones is 2. The summed E-state index contributed by atoms with van der Waals surface area (Å²) in [4.78, 5) is 49.3. The molecule has 6 atom stereocenters. The molecule has 1 saturated heterocycles. The van der Waals surface area contributed by atoms with Gasteiger partial charge in [-0.15, -0.1) is 0 Å². The average Bonchev–Trinajstić information content (AvgIpc) is 1.37. The molecule has 0 spiro atoms. The molecule has 102 heavy (non-hydrogen) atoms. The Kier molecular flexibility index (Phi) is 18.2. The highest BCUT2D eigenvalue weighted by Gasteiger charge is 2.57. The average molecular weight is 1380 g/mol. The minimum absolute atomic E-state index is 0.0766. The van der Waals surface area contributed by atoms with Gasteiger partial charge in [0.25, 0.3) is 5.91 Å². The summed E-state index contributed by atoms with van der Waals surface area (Å²) in [5, 5.41) is 49.3. The Hall–Kier alpha value is -9.95. The van der Waals surface area contributed by atoms with Crippen LogP contribution in [0.15, 0.2) is 175 Å². The second-order valence-electron chi connectivity index (χ2n) is 29.6. The third kappa shape index (κ3) is 12.6. The van der Waals surface area contributed by atoms with E-state index in [9.17, 15) is 52.1 Å². The quantitative estimate of drug-likeness (QED) is 0.0672. The largest absolute Gasteiger partial charge is 0.389 e. The van der Waals surface area contributed by atoms with Gasteiger partial charge >= 0.3 is 0 Å². The molecule has 524 valence electrons. The van der Waals surface area contributed by atoms with E-state index in [0.29, 0.717) is 75.3 Å². The van der Waals surface area contributed by atoms with Gasteiger partial charge in [0.05, 0.1) is 82.6 Å². The Morgan fingerprint density at radius 1 is 0.471 bits per heavy atom. The first-order valence-corrected chi connectivity index (χ1v) is 35.1. The van der Waals surface area contributed by atoms with Crippen molar-refractivity contribution in [1.82, 2.24) is 34.2 Å². The molecule has 3 aromatic heterocycles. The zero-order valence-electron chi connectivity index (χ0n) is 57.7. The molecule has 5 N–H and O–H groups in total. The Morgan fingerprint density at radius 3 is 1.21 bits per heavy atom. The van der Waals surface area contributed by atoms with Crippen molar-refractivity contribution in [3.8, 4) is 17.1 Å². The number of amides is 2. The number of aromatic nitrogens is 6. The lowest BCUT2D eigenvalue weighted by atomic mass is 9.65. The molecule has 15 nitrogen and oxygen atoms in total. The highest BCUT2D eigenvalue weighted by molar-refractivity contribution is 6.04. The fourth-order valence-electron chi connectivity index (χ4n) is 17.3. The molecule has 19 heteroatoms. The van der Waals surface area contributed by atoms with E-state index >= 15 is 0 Å². The van der Waals surface area contributed by atoms with Gasteiger partial charge in [0.2, 0.25) is 5.91 Å². The van der Waals surface area contributed by atoms with E-state index in [2.05, 4.69) is 60.4 Å². The van der Waals surface area contributed by atoms with Gasteiger partial charge in [0, 0.05) is 33.8 Å². The number of Topliss-reactive ketones (excluding diaryl/α,β-unsaturated/α-hetero) is 2. The zero-order chi connectivity index (χ0) is 71.7. The number of benzene rings is 6. The first-order chi connectivity index (χ1) is 48.8. The number of hydrogen-bond acceptors (Lipinski definition) is 10. The van der Waals surface area contributed by atoms with Gasteiger partial charge in [-0.25, -0.2) is 31.6 Å². The SMILES string of the molecule is CC(=O)Cc1ccccc1CC[C@]1(O)CCC2=Cc3c(cnn3-c3ccc(F)cc3)C[C@@]21C.C[C@]12Cc3cnn(-c4ccc(F)cc4)c3C=C1CC[C@@]2(O)CCc1ccc(F)cc1C(N)=O.C[C@]12Cc3cnn(-c4ccc(F)cc4)c3C=C1CC[C@@]2(O)CCc1ccccc1C(=O)N1CC(=O)C1. The Morgan fingerprint density at radius 2 is 0.824 bits per heavy atom. The van der Waals surface area contributed by atoms with Gasteiger partial charge in [-0.2, -0.15) is 15.3 Å². The van der Waals surface area contributed by atoms with Crippen LogP contribution in [-0.2, 0) is 54.5 Å². The van der Waals surface area contributed by atoms with E-state index in [1.165, 1.54) is 53.6 Å². The van der Waals surface area contributed by atoms with Crippen molar-refractivity contribution in [1.29, 1.82) is 0 Å². The predicted octanol–water partition coefficient (Wildman–Crippen LogP) is 13.7. The normalized spacial score (nSPS) is 24.0. The maximum absolute atomic E-state index is 13.6. The molecule has 9 aromatic rings. The molecule has 4 fully saturated rings. The highest BCUT2D eigenvalue weighted by Crippen LogP contribution is 2.60. The number of carbonyl (C=O) groups excluding carboxylic acids is 4. The second-order valence-corrected chi connectivity index (χ2v) is 29.6.